The summed E-state index contributed by atoms with van der Waals surface area (Å²) < 4.78 is 135. The highest BCUT2D eigenvalue weighted by Crippen LogP contribution is 2.54. The molecule has 0 aliphatic carbocycles. The Morgan fingerprint density at radius 1 is 0.884 bits per heavy atom. The van der Waals surface area contributed by atoms with Crippen molar-refractivity contribution in [3.8, 4) is 0 Å². The van der Waals surface area contributed by atoms with Crippen molar-refractivity contribution < 1.29 is 53.5 Å². The summed E-state index contributed by atoms with van der Waals surface area (Å²) >= 11 is 0.968. The van der Waals surface area contributed by atoms with Crippen LogP contribution in [0.5, 0.6) is 0 Å². The van der Waals surface area contributed by atoms with Crippen molar-refractivity contribution in [2.75, 3.05) is 16.8 Å². The minimum atomic E-state index is -6.66. The molecule has 230 valence electrons. The van der Waals surface area contributed by atoms with Crippen LogP contribution in [0.3, 0.4) is 0 Å². The number of nitrogens with one attached hydrogen (secondary N) is 1. The molecule has 0 aliphatic heterocycles. The number of anilines is 2. The fraction of sp³-hybridized carbons (Fsp3) is 0.185. The molecule has 1 N–H and O–H groups in total. The van der Waals surface area contributed by atoms with Gasteiger partial charge in [0, 0.05) is 32.1 Å². The second kappa shape index (κ2) is 12.4. The largest absolute Gasteiger partial charge is 0.435 e. The minimum Gasteiger partial charge on any atom is -0.320 e. The lowest BCUT2D eigenvalue weighted by molar-refractivity contribution is -0.348. The van der Waals surface area contributed by atoms with Crippen molar-refractivity contribution in [2.24, 2.45) is 0 Å². The van der Waals surface area contributed by atoms with Gasteiger partial charge in [0.25, 0.3) is 11.8 Å². The lowest BCUT2D eigenvalue weighted by Gasteiger charge is -2.31. The van der Waals surface area contributed by atoms with Crippen LogP contribution >= 0.6 is 31.8 Å². The summed E-state index contributed by atoms with van der Waals surface area (Å²) in [7, 11) is 2.17. The summed E-state index contributed by atoms with van der Waals surface area (Å²) in [5.74, 6) is -1.78. The molecule has 1 atom stereocenters. The van der Waals surface area contributed by atoms with Gasteiger partial charge in [-0.15, -0.1) is 15.8 Å². The topological polar surface area (TPSA) is 49.4 Å². The van der Waals surface area contributed by atoms with Crippen LogP contribution in [0.15, 0.2) is 73.3 Å². The van der Waals surface area contributed by atoms with Crippen LogP contribution in [-0.2, 0) is 11.8 Å². The zero-order valence-corrected chi connectivity index (χ0v) is 24.6. The SMILES string of the molecule is C=CCN(C(=O)c1ccccc1)c1cccc(C(=O)Nc2c(I)cc(C(F)(C(F)(F)F)C(F)(F)F)cc2C(F)(F)F)c1P. The first-order chi connectivity index (χ1) is 19.8. The zero-order chi connectivity index (χ0) is 32.5. The van der Waals surface area contributed by atoms with Gasteiger partial charge in [0.05, 0.1) is 16.9 Å². The highest BCUT2D eigenvalue weighted by Gasteiger charge is 2.73. The Bertz CT molecular complexity index is 1530. The number of amides is 2. The predicted molar refractivity (Wildman–Crippen MR) is 151 cm³/mol. The molecule has 0 aliphatic rings. The average Bonchev–Trinajstić information content (AvgIpc) is 2.90. The molecule has 0 aromatic heterocycles. The number of hydrogen-bond donors (Lipinski definition) is 1. The first kappa shape index (κ1) is 34.3. The summed E-state index contributed by atoms with van der Waals surface area (Å²) in [5, 5.41) is 1.89. The molecule has 0 fully saturated rings. The van der Waals surface area contributed by atoms with Crippen molar-refractivity contribution in [1.82, 2.24) is 0 Å². The number of halogens is 11. The summed E-state index contributed by atoms with van der Waals surface area (Å²) in [4.78, 5) is 27.6. The second-order valence-electron chi connectivity index (χ2n) is 8.80. The first-order valence-electron chi connectivity index (χ1n) is 11.7. The predicted octanol–water partition coefficient (Wildman–Crippen LogP) is 8.18. The van der Waals surface area contributed by atoms with Crippen molar-refractivity contribution in [3.63, 3.8) is 0 Å². The van der Waals surface area contributed by atoms with E-state index in [0.717, 1.165) is 28.7 Å². The molecule has 43 heavy (non-hydrogen) atoms. The van der Waals surface area contributed by atoms with Gasteiger partial charge >= 0.3 is 24.2 Å². The average molecular weight is 750 g/mol. The molecule has 0 bridgehead atoms. The van der Waals surface area contributed by atoms with Crippen LogP contribution in [0.2, 0.25) is 0 Å². The molecular weight excluding hydrogens is 732 g/mol. The fourth-order valence-corrected chi connectivity index (χ4v) is 5.21. The van der Waals surface area contributed by atoms with Crippen LogP contribution in [0, 0.1) is 3.57 Å². The van der Waals surface area contributed by atoms with Gasteiger partial charge in [0.15, 0.2) is 0 Å². The third-order valence-corrected chi connectivity index (χ3v) is 7.47. The molecule has 2 amide bonds. The molecule has 16 heteroatoms. The van der Waals surface area contributed by atoms with E-state index in [1.807, 2.05) is 5.32 Å². The van der Waals surface area contributed by atoms with Crippen LogP contribution in [0.25, 0.3) is 0 Å². The smallest absolute Gasteiger partial charge is 0.320 e. The Kier molecular flexibility index (Phi) is 9.91. The highest BCUT2D eigenvalue weighted by molar-refractivity contribution is 14.1. The van der Waals surface area contributed by atoms with Gasteiger partial charge in [0.1, 0.15) is 0 Å². The number of hydrogen-bond acceptors (Lipinski definition) is 2. The van der Waals surface area contributed by atoms with Crippen molar-refractivity contribution in [1.29, 1.82) is 0 Å². The van der Waals surface area contributed by atoms with Gasteiger partial charge < -0.3 is 10.2 Å². The molecule has 3 rings (SSSR count). The number of nitrogens with zero attached hydrogens (tertiary/aromatic N) is 1. The lowest BCUT2D eigenvalue weighted by atomic mass is 9.92. The van der Waals surface area contributed by atoms with E-state index in [0.29, 0.717) is 0 Å². The third kappa shape index (κ3) is 6.82. The Balaban J connectivity index is 2.12. The maximum atomic E-state index is 14.6. The van der Waals surface area contributed by atoms with Crippen LogP contribution in [0.1, 0.15) is 31.8 Å². The van der Waals surface area contributed by atoms with Gasteiger partial charge in [-0.1, -0.05) is 30.3 Å². The maximum absolute atomic E-state index is 14.6. The summed E-state index contributed by atoms with van der Waals surface area (Å²) in [6.07, 6.45) is -17.6. The maximum Gasteiger partial charge on any atom is 0.435 e. The number of carbonyl (C=O) groups excluding carboxylic acids is 2. The molecule has 0 saturated heterocycles. The summed E-state index contributed by atoms with van der Waals surface area (Å²) in [5.41, 5.74) is -11.8. The van der Waals surface area contributed by atoms with Gasteiger partial charge in [-0.2, -0.15) is 39.5 Å². The van der Waals surface area contributed by atoms with E-state index < -0.39 is 62.5 Å². The normalized spacial score (nSPS) is 12.6. The number of rotatable bonds is 7. The Labute approximate surface area is 253 Å². The quantitative estimate of drug-likeness (QED) is 0.115. The van der Waals surface area contributed by atoms with E-state index in [-0.39, 0.29) is 34.7 Å². The molecule has 0 saturated carbocycles. The van der Waals surface area contributed by atoms with Crippen LogP contribution < -0.4 is 15.5 Å². The highest BCUT2D eigenvalue weighted by atomic mass is 127. The monoisotopic (exact) mass is 750 g/mol. The van der Waals surface area contributed by atoms with Crippen LogP contribution in [-0.4, -0.2) is 30.7 Å². The number of alkyl halides is 10. The van der Waals surface area contributed by atoms with E-state index in [9.17, 15) is 53.5 Å². The van der Waals surface area contributed by atoms with Crippen molar-refractivity contribution >= 4 is 60.3 Å². The third-order valence-electron chi connectivity index (χ3n) is 6.01. The summed E-state index contributed by atoms with van der Waals surface area (Å²) in [6, 6.07) is 11.1. The number of carbonyl (C=O) groups is 2. The molecule has 4 nitrogen and oxygen atoms in total. The Morgan fingerprint density at radius 3 is 1.98 bits per heavy atom. The lowest BCUT2D eigenvalue weighted by Crippen LogP contribution is -2.50. The molecule has 0 radical (unpaired) electrons. The van der Waals surface area contributed by atoms with Crippen LogP contribution in [0.4, 0.5) is 55.3 Å². The second-order valence-corrected chi connectivity index (χ2v) is 10.5. The number of benzene rings is 3. The Hall–Kier alpha value is -3.20. The summed E-state index contributed by atoms with van der Waals surface area (Å²) in [6.45, 7) is 3.53. The standard InChI is InChI=1S/C27H18F10IN2O2P/c1-2-11-40(23(42)14-7-4-3-5-8-14)19-10-6-9-16(21(19)43)22(41)39-20-17(25(29,30)31)12-15(13-18(20)38)24(28,26(32,33)34)27(35,36)37/h2-10,12-13H,1,11,43H2,(H,39,41). The van der Waals surface area contributed by atoms with E-state index in [1.165, 1.54) is 35.2 Å². The van der Waals surface area contributed by atoms with Crippen molar-refractivity contribution in [3.05, 3.63) is 99.1 Å². The van der Waals surface area contributed by atoms with Gasteiger partial charge in [-0.05, 0) is 59.0 Å². The van der Waals surface area contributed by atoms with E-state index in [4.69, 9.17) is 0 Å². The molecule has 0 spiro atoms. The van der Waals surface area contributed by atoms with Gasteiger partial charge in [0.2, 0.25) is 0 Å². The molecule has 0 heterocycles. The molecule has 3 aromatic carbocycles. The van der Waals surface area contributed by atoms with E-state index >= 15 is 0 Å². The van der Waals surface area contributed by atoms with Gasteiger partial charge in [-0.25, -0.2) is 4.39 Å². The fourth-order valence-electron chi connectivity index (χ4n) is 3.97. The Morgan fingerprint density at radius 2 is 1.47 bits per heavy atom. The zero-order valence-electron chi connectivity index (χ0n) is 21.3. The van der Waals surface area contributed by atoms with Gasteiger partial charge in [-0.3, -0.25) is 9.59 Å². The van der Waals surface area contributed by atoms with E-state index in [2.05, 4.69) is 15.8 Å². The van der Waals surface area contributed by atoms with E-state index in [1.54, 1.807) is 18.2 Å². The first-order valence-corrected chi connectivity index (χ1v) is 13.3. The minimum absolute atomic E-state index is 0.0169. The van der Waals surface area contributed by atoms with Crippen molar-refractivity contribution in [2.45, 2.75) is 24.2 Å². The molecule has 3 aromatic rings. The molecule has 1 unspecified atom stereocenters. The molecular formula is C27H18F10IN2O2P.